The Bertz CT molecular complexity index is 505. The van der Waals surface area contributed by atoms with Crippen LogP contribution in [-0.2, 0) is 0 Å². The van der Waals surface area contributed by atoms with Crippen LogP contribution in [0.15, 0.2) is 12.1 Å². The van der Waals surface area contributed by atoms with Crippen LogP contribution in [0.3, 0.4) is 0 Å². The summed E-state index contributed by atoms with van der Waals surface area (Å²) in [7, 11) is 0.0724. The molecule has 0 bridgehead atoms. The molecule has 1 rings (SSSR count). The van der Waals surface area contributed by atoms with E-state index in [0.29, 0.717) is 17.1 Å². The van der Waals surface area contributed by atoms with Crippen molar-refractivity contribution in [3.05, 3.63) is 17.7 Å². The molecule has 19 heavy (non-hydrogen) atoms. The van der Waals surface area contributed by atoms with E-state index < -0.39 is 8.07 Å². The zero-order valence-corrected chi connectivity index (χ0v) is 13.5. The number of benzene rings is 1. The first-order chi connectivity index (χ1) is 8.74. The first-order valence-corrected chi connectivity index (χ1v) is 9.84. The number of methoxy groups -OCH3 is 1. The first kappa shape index (κ1) is 15.5. The number of rotatable bonds is 3. The quantitative estimate of drug-likeness (QED) is 0.680. The summed E-state index contributed by atoms with van der Waals surface area (Å²) in [6, 6.07) is 3.53. The molecule has 0 aliphatic rings. The van der Waals surface area contributed by atoms with Gasteiger partial charge in [-0.25, -0.2) is 0 Å². The van der Waals surface area contributed by atoms with Crippen molar-refractivity contribution >= 4 is 8.07 Å². The van der Waals surface area contributed by atoms with Gasteiger partial charge in [0.15, 0.2) is 11.5 Å². The molecule has 0 spiro atoms. The Morgan fingerprint density at radius 1 is 1.21 bits per heavy atom. The molecule has 0 unspecified atom stereocenters. The number of hydrogen-bond acceptors (Lipinski definition) is 3. The van der Waals surface area contributed by atoms with Crippen LogP contribution in [0, 0.1) is 11.5 Å². The first-order valence-electron chi connectivity index (χ1n) is 6.34. The van der Waals surface area contributed by atoms with E-state index in [2.05, 4.69) is 31.1 Å². The monoisotopic (exact) mass is 278 g/mol. The largest absolute Gasteiger partial charge is 0.503 e. The van der Waals surface area contributed by atoms with Gasteiger partial charge in [-0.05, 0) is 26.0 Å². The summed E-state index contributed by atoms with van der Waals surface area (Å²) in [4.78, 5) is 0. The van der Waals surface area contributed by atoms with E-state index in [9.17, 15) is 5.11 Å². The lowest BCUT2D eigenvalue weighted by Gasteiger charge is -2.15. The number of phenols is 1. The molecule has 1 N–H and O–H groups in total. The molecule has 0 saturated heterocycles. The molecule has 0 fully saturated rings. The minimum atomic E-state index is -1.48. The van der Waals surface area contributed by atoms with Crippen LogP contribution in [-0.4, -0.2) is 26.4 Å². The average Bonchev–Trinajstić information content (AvgIpc) is 2.28. The maximum absolute atomic E-state index is 10.3. The molecule has 3 nitrogen and oxygen atoms in total. The van der Waals surface area contributed by atoms with Crippen LogP contribution in [0.4, 0.5) is 0 Å². The highest BCUT2D eigenvalue weighted by Crippen LogP contribution is 2.39. The van der Waals surface area contributed by atoms with Crippen molar-refractivity contribution in [2.75, 3.05) is 7.11 Å². The fourth-order valence-electron chi connectivity index (χ4n) is 1.42. The number of ether oxygens (including phenoxy) is 2. The molecule has 4 heteroatoms. The summed E-state index contributed by atoms with van der Waals surface area (Å²) in [6.45, 7) is 10.3. The Balaban J connectivity index is 3.25. The predicted molar refractivity (Wildman–Crippen MR) is 80.6 cm³/mol. The van der Waals surface area contributed by atoms with E-state index in [-0.39, 0.29) is 11.9 Å². The lowest BCUT2D eigenvalue weighted by atomic mass is 10.2. The molecule has 0 saturated carbocycles. The molecule has 0 amide bonds. The van der Waals surface area contributed by atoms with E-state index >= 15 is 0 Å². The third-order valence-electron chi connectivity index (χ3n) is 2.24. The topological polar surface area (TPSA) is 38.7 Å². The summed E-state index contributed by atoms with van der Waals surface area (Å²) < 4.78 is 10.8. The van der Waals surface area contributed by atoms with Crippen molar-refractivity contribution in [1.29, 1.82) is 0 Å². The normalized spacial score (nSPS) is 10.9. The van der Waals surface area contributed by atoms with Gasteiger partial charge in [0, 0.05) is 0 Å². The lowest BCUT2D eigenvalue weighted by molar-refractivity contribution is 0.219. The highest BCUT2D eigenvalue weighted by atomic mass is 28.3. The Kier molecular flexibility index (Phi) is 4.90. The molecule has 0 radical (unpaired) electrons. The van der Waals surface area contributed by atoms with Crippen molar-refractivity contribution in [3.8, 4) is 28.7 Å². The van der Waals surface area contributed by atoms with E-state index in [1.54, 1.807) is 19.2 Å². The van der Waals surface area contributed by atoms with Gasteiger partial charge in [0.05, 0.1) is 18.8 Å². The summed E-state index contributed by atoms with van der Waals surface area (Å²) in [6.07, 6.45) is -0.0417. The van der Waals surface area contributed by atoms with Gasteiger partial charge in [-0.3, -0.25) is 0 Å². The molecule has 0 aliphatic carbocycles. The smallest absolute Gasteiger partial charge is 0.204 e. The zero-order chi connectivity index (χ0) is 14.6. The van der Waals surface area contributed by atoms with Crippen LogP contribution in [0.2, 0.25) is 19.6 Å². The number of phenolic OH excluding ortho intramolecular Hbond substituents is 1. The number of hydrogen-bond donors (Lipinski definition) is 1. The van der Waals surface area contributed by atoms with Gasteiger partial charge < -0.3 is 14.6 Å². The molecule has 0 atom stereocenters. The van der Waals surface area contributed by atoms with Gasteiger partial charge in [-0.1, -0.05) is 25.6 Å². The van der Waals surface area contributed by atoms with Gasteiger partial charge in [-0.2, -0.15) is 0 Å². The molecule has 1 aromatic rings. The Labute approximate surface area is 116 Å². The Morgan fingerprint density at radius 2 is 1.84 bits per heavy atom. The van der Waals surface area contributed by atoms with Gasteiger partial charge in [0.1, 0.15) is 8.07 Å². The van der Waals surface area contributed by atoms with Gasteiger partial charge >= 0.3 is 0 Å². The SMILES string of the molecule is COc1ccc(C#C[Si](C)(C)C)c(O)c1OC(C)C. The van der Waals surface area contributed by atoms with E-state index in [4.69, 9.17) is 9.47 Å². The minimum Gasteiger partial charge on any atom is -0.503 e. The second-order valence-electron chi connectivity index (χ2n) is 5.66. The van der Waals surface area contributed by atoms with Gasteiger partial charge in [0.25, 0.3) is 0 Å². The van der Waals surface area contributed by atoms with Crippen molar-refractivity contribution in [2.45, 2.75) is 39.6 Å². The van der Waals surface area contributed by atoms with Crippen LogP contribution < -0.4 is 9.47 Å². The standard InChI is InChI=1S/C15H22O3Si/c1-11(2)18-15-13(17-3)8-7-12(14(15)16)9-10-19(4,5)6/h7-8,11,16H,1-6H3. The fraction of sp³-hybridized carbons (Fsp3) is 0.467. The van der Waals surface area contributed by atoms with Crippen molar-refractivity contribution in [1.82, 2.24) is 0 Å². The number of aromatic hydroxyl groups is 1. The van der Waals surface area contributed by atoms with Crippen LogP contribution >= 0.6 is 0 Å². The maximum atomic E-state index is 10.3. The summed E-state index contributed by atoms with van der Waals surface area (Å²) in [5, 5.41) is 10.3. The molecule has 104 valence electrons. The Morgan fingerprint density at radius 3 is 2.32 bits per heavy atom. The van der Waals surface area contributed by atoms with Gasteiger partial charge in [0.2, 0.25) is 5.75 Å². The van der Waals surface area contributed by atoms with E-state index in [0.717, 1.165) is 0 Å². The maximum Gasteiger partial charge on any atom is 0.204 e. The summed E-state index contributed by atoms with van der Waals surface area (Å²) in [5.41, 5.74) is 3.81. The summed E-state index contributed by atoms with van der Waals surface area (Å²) in [5.74, 6) is 3.98. The van der Waals surface area contributed by atoms with E-state index in [1.165, 1.54) is 0 Å². The van der Waals surface area contributed by atoms with Crippen molar-refractivity contribution in [2.24, 2.45) is 0 Å². The fourth-order valence-corrected chi connectivity index (χ4v) is 1.93. The van der Waals surface area contributed by atoms with Crippen LogP contribution in [0.5, 0.6) is 17.2 Å². The van der Waals surface area contributed by atoms with Crippen LogP contribution in [0.25, 0.3) is 0 Å². The second kappa shape index (κ2) is 6.03. The van der Waals surface area contributed by atoms with Crippen LogP contribution in [0.1, 0.15) is 19.4 Å². The predicted octanol–water partition coefficient (Wildman–Crippen LogP) is 3.42. The molecular formula is C15H22O3Si. The third-order valence-corrected chi connectivity index (χ3v) is 3.12. The second-order valence-corrected chi connectivity index (χ2v) is 10.4. The molecule has 0 aliphatic heterocycles. The molecule has 0 heterocycles. The third kappa shape index (κ3) is 4.53. The average molecular weight is 278 g/mol. The Hall–Kier alpha value is -1.60. The molecule has 1 aromatic carbocycles. The van der Waals surface area contributed by atoms with Crippen molar-refractivity contribution in [3.63, 3.8) is 0 Å². The van der Waals surface area contributed by atoms with Crippen molar-refractivity contribution < 1.29 is 14.6 Å². The molecular weight excluding hydrogens is 256 g/mol. The lowest BCUT2D eigenvalue weighted by Crippen LogP contribution is -2.16. The summed E-state index contributed by atoms with van der Waals surface area (Å²) >= 11 is 0. The highest BCUT2D eigenvalue weighted by molar-refractivity contribution is 6.83. The zero-order valence-electron chi connectivity index (χ0n) is 12.5. The van der Waals surface area contributed by atoms with E-state index in [1.807, 2.05) is 13.8 Å². The molecule has 0 aromatic heterocycles. The minimum absolute atomic E-state index is 0.0417. The van der Waals surface area contributed by atoms with Gasteiger partial charge in [-0.15, -0.1) is 5.54 Å². The highest BCUT2D eigenvalue weighted by Gasteiger charge is 2.16.